The minimum atomic E-state index is 0.0364. The summed E-state index contributed by atoms with van der Waals surface area (Å²) in [5.74, 6) is 0. The maximum Gasteiger partial charge on any atom is 0.0561 e. The first-order chi connectivity index (χ1) is 25.3. The van der Waals surface area contributed by atoms with Gasteiger partial charge in [0.25, 0.3) is 0 Å². The summed E-state index contributed by atoms with van der Waals surface area (Å²) in [4.78, 5) is 5.02. The van der Waals surface area contributed by atoms with E-state index in [9.17, 15) is 0 Å². The standard InChI is InChI=1S/C51H50N2/c1-31-11-18-41(19-12-31)52(44-22-13-32(2)25-35(44)5)47-30-48(53(45-23-14-33(3)26-36(45)6)46-24-15-34(4)27-37(46)7)43-21-17-39-29-40(51(8,9)10)28-38-16-20-42(47)50(43)49(38)39/h11-30H,1-10H3. The van der Waals surface area contributed by atoms with E-state index in [0.29, 0.717) is 0 Å². The second kappa shape index (κ2) is 12.8. The van der Waals surface area contributed by atoms with Crippen LogP contribution < -0.4 is 9.80 Å². The number of anilines is 6. The average Bonchev–Trinajstić information content (AvgIpc) is 3.10. The predicted octanol–water partition coefficient (Wildman–Crippen LogP) is 15.0. The molecule has 0 amide bonds. The van der Waals surface area contributed by atoms with Gasteiger partial charge in [-0.1, -0.05) is 128 Å². The van der Waals surface area contributed by atoms with E-state index in [0.717, 1.165) is 11.4 Å². The summed E-state index contributed by atoms with van der Waals surface area (Å²) in [5, 5.41) is 7.68. The van der Waals surface area contributed by atoms with Gasteiger partial charge in [-0.05, 0) is 129 Å². The van der Waals surface area contributed by atoms with Gasteiger partial charge in [-0.3, -0.25) is 0 Å². The first-order valence-electron chi connectivity index (χ1n) is 18.9. The molecule has 53 heavy (non-hydrogen) atoms. The summed E-state index contributed by atoms with van der Waals surface area (Å²) in [6.07, 6.45) is 0. The summed E-state index contributed by atoms with van der Waals surface area (Å²) in [5.41, 5.74) is 17.2. The van der Waals surface area contributed by atoms with E-state index in [1.165, 1.54) is 99.6 Å². The van der Waals surface area contributed by atoms with Crippen molar-refractivity contribution < 1.29 is 0 Å². The molecule has 0 saturated carbocycles. The molecule has 0 fully saturated rings. The number of hydrogen-bond donors (Lipinski definition) is 0. The lowest BCUT2D eigenvalue weighted by Gasteiger charge is -2.34. The topological polar surface area (TPSA) is 6.48 Å². The Morgan fingerprint density at radius 2 is 0.774 bits per heavy atom. The summed E-state index contributed by atoms with van der Waals surface area (Å²) in [6, 6.07) is 46.3. The third kappa shape index (κ3) is 6.01. The third-order valence-corrected chi connectivity index (χ3v) is 11.1. The third-order valence-electron chi connectivity index (χ3n) is 11.1. The van der Waals surface area contributed by atoms with Gasteiger partial charge in [0.15, 0.2) is 0 Å². The van der Waals surface area contributed by atoms with Crippen LogP contribution in [0.4, 0.5) is 34.1 Å². The highest BCUT2D eigenvalue weighted by Crippen LogP contribution is 2.51. The van der Waals surface area contributed by atoms with Crippen LogP contribution in [0.3, 0.4) is 0 Å². The van der Waals surface area contributed by atoms with Crippen molar-refractivity contribution in [3.63, 3.8) is 0 Å². The Labute approximate surface area is 315 Å². The van der Waals surface area contributed by atoms with Gasteiger partial charge in [0, 0.05) is 38.9 Å². The Hall–Kier alpha value is -5.60. The van der Waals surface area contributed by atoms with Crippen LogP contribution in [0, 0.1) is 48.5 Å². The SMILES string of the molecule is Cc1ccc(N(c2ccc(C)cc2C)c2cc(N(c3ccc(C)cc3C)c3ccc(C)cc3C)c3ccc4cc(C(C)(C)C)cc5ccc2c3c54)cc1. The van der Waals surface area contributed by atoms with Crippen LogP contribution in [0.25, 0.3) is 32.3 Å². The van der Waals surface area contributed by atoms with Crippen LogP contribution in [0.1, 0.15) is 65.3 Å². The minimum absolute atomic E-state index is 0.0364. The minimum Gasteiger partial charge on any atom is -0.310 e. The van der Waals surface area contributed by atoms with Gasteiger partial charge in [0.1, 0.15) is 0 Å². The van der Waals surface area contributed by atoms with Crippen LogP contribution >= 0.6 is 0 Å². The van der Waals surface area contributed by atoms with Gasteiger partial charge < -0.3 is 9.80 Å². The van der Waals surface area contributed by atoms with Crippen LogP contribution in [0.15, 0.2) is 121 Å². The zero-order chi connectivity index (χ0) is 37.3. The van der Waals surface area contributed by atoms with E-state index in [-0.39, 0.29) is 5.41 Å². The molecule has 264 valence electrons. The molecule has 0 aromatic heterocycles. The Morgan fingerprint density at radius 3 is 1.21 bits per heavy atom. The van der Waals surface area contributed by atoms with Gasteiger partial charge in [0.05, 0.1) is 11.4 Å². The van der Waals surface area contributed by atoms with Crippen LogP contribution in [-0.4, -0.2) is 0 Å². The maximum absolute atomic E-state index is 2.52. The molecular weight excluding hydrogens is 641 g/mol. The molecule has 0 aliphatic heterocycles. The second-order valence-corrected chi connectivity index (χ2v) is 16.4. The molecule has 0 radical (unpaired) electrons. The van der Waals surface area contributed by atoms with E-state index in [1.54, 1.807) is 0 Å². The van der Waals surface area contributed by atoms with E-state index in [4.69, 9.17) is 0 Å². The van der Waals surface area contributed by atoms with Gasteiger partial charge >= 0.3 is 0 Å². The molecule has 0 spiro atoms. The monoisotopic (exact) mass is 690 g/mol. The lowest BCUT2D eigenvalue weighted by atomic mass is 9.83. The molecule has 2 heteroatoms. The smallest absolute Gasteiger partial charge is 0.0561 e. The normalized spacial score (nSPS) is 12.0. The molecule has 0 bridgehead atoms. The van der Waals surface area contributed by atoms with Crippen molar-refractivity contribution in [2.24, 2.45) is 0 Å². The molecule has 2 nitrogen and oxygen atoms in total. The lowest BCUT2D eigenvalue weighted by Crippen LogP contribution is -2.16. The van der Waals surface area contributed by atoms with E-state index in [2.05, 4.69) is 200 Å². The predicted molar refractivity (Wildman–Crippen MR) is 231 cm³/mol. The largest absolute Gasteiger partial charge is 0.310 e. The zero-order valence-corrected chi connectivity index (χ0v) is 32.9. The van der Waals surface area contributed by atoms with Crippen molar-refractivity contribution in [3.8, 4) is 0 Å². The quantitative estimate of drug-likeness (QED) is 0.160. The van der Waals surface area contributed by atoms with Crippen molar-refractivity contribution in [2.75, 3.05) is 9.80 Å². The number of nitrogens with zero attached hydrogens (tertiary/aromatic N) is 2. The van der Waals surface area contributed by atoms with E-state index >= 15 is 0 Å². The molecule has 8 aromatic carbocycles. The summed E-state index contributed by atoms with van der Waals surface area (Å²) >= 11 is 0. The van der Waals surface area contributed by atoms with Crippen molar-refractivity contribution in [3.05, 3.63) is 166 Å². The molecule has 0 atom stereocenters. The molecule has 0 unspecified atom stereocenters. The number of benzene rings is 8. The van der Waals surface area contributed by atoms with E-state index < -0.39 is 0 Å². The fourth-order valence-corrected chi connectivity index (χ4v) is 8.34. The number of hydrogen-bond acceptors (Lipinski definition) is 2. The maximum atomic E-state index is 2.52. The fraction of sp³-hybridized carbons (Fsp3) is 0.216. The number of rotatable bonds is 6. The second-order valence-electron chi connectivity index (χ2n) is 16.4. The first-order valence-corrected chi connectivity index (χ1v) is 18.9. The highest BCUT2D eigenvalue weighted by atomic mass is 15.2. The van der Waals surface area contributed by atoms with Crippen LogP contribution in [0.2, 0.25) is 0 Å². The Bertz CT molecular complexity index is 2600. The molecule has 0 aliphatic rings. The van der Waals surface area contributed by atoms with Crippen molar-refractivity contribution in [1.82, 2.24) is 0 Å². The van der Waals surface area contributed by atoms with Crippen LogP contribution in [0.5, 0.6) is 0 Å². The Kier molecular flexibility index (Phi) is 8.34. The lowest BCUT2D eigenvalue weighted by molar-refractivity contribution is 0.591. The summed E-state index contributed by atoms with van der Waals surface area (Å²) < 4.78 is 0. The summed E-state index contributed by atoms with van der Waals surface area (Å²) in [6.45, 7) is 22.4. The van der Waals surface area contributed by atoms with Gasteiger partial charge in [-0.2, -0.15) is 0 Å². The van der Waals surface area contributed by atoms with Crippen LogP contribution in [-0.2, 0) is 5.41 Å². The van der Waals surface area contributed by atoms with Gasteiger partial charge in [-0.25, -0.2) is 0 Å². The molecule has 0 heterocycles. The Morgan fingerprint density at radius 1 is 0.358 bits per heavy atom. The molecule has 0 aliphatic carbocycles. The highest BCUT2D eigenvalue weighted by molar-refractivity contribution is 6.29. The summed E-state index contributed by atoms with van der Waals surface area (Å²) in [7, 11) is 0. The van der Waals surface area contributed by atoms with E-state index in [1.807, 2.05) is 0 Å². The zero-order valence-electron chi connectivity index (χ0n) is 32.9. The molecule has 0 saturated heterocycles. The molecule has 8 aromatic rings. The first kappa shape index (κ1) is 34.5. The molecule has 0 N–H and O–H groups in total. The highest BCUT2D eigenvalue weighted by Gasteiger charge is 2.27. The molecular formula is C51H50N2. The van der Waals surface area contributed by atoms with Crippen molar-refractivity contribution in [2.45, 2.75) is 74.7 Å². The number of aryl methyl sites for hydroxylation is 7. The van der Waals surface area contributed by atoms with Crippen molar-refractivity contribution >= 4 is 66.4 Å². The van der Waals surface area contributed by atoms with Gasteiger partial charge in [0.2, 0.25) is 0 Å². The van der Waals surface area contributed by atoms with Gasteiger partial charge in [-0.15, -0.1) is 0 Å². The average molecular weight is 691 g/mol. The Balaban J connectivity index is 1.57. The molecule has 8 rings (SSSR count). The fourth-order valence-electron chi connectivity index (χ4n) is 8.34. The van der Waals surface area contributed by atoms with Crippen molar-refractivity contribution in [1.29, 1.82) is 0 Å².